The Labute approximate surface area is 200 Å². The molecule has 10 heteroatoms. The van der Waals surface area contributed by atoms with Crippen LogP contribution in [0, 0.1) is 0 Å². The van der Waals surface area contributed by atoms with Crippen molar-refractivity contribution in [3.05, 3.63) is 113 Å². The molecule has 2 heterocycles. The van der Waals surface area contributed by atoms with Crippen LogP contribution in [0.1, 0.15) is 15.9 Å². The molecule has 0 aliphatic rings. The number of hydrogen-bond acceptors (Lipinski definition) is 6. The fraction of sp³-hybridized carbons (Fsp3) is 0.0400. The number of H-pyrrole nitrogens is 1. The van der Waals surface area contributed by atoms with Gasteiger partial charge in [-0.1, -0.05) is 42.5 Å². The zero-order chi connectivity index (χ0) is 24.4. The third-order valence-corrected chi connectivity index (χ3v) is 7.13. The number of fused-ring (bicyclic) bond motifs is 1. The number of nitrogens with zero attached hydrogens (tertiary/aromatic N) is 3. The first-order chi connectivity index (χ1) is 16.9. The first-order valence-corrected chi connectivity index (χ1v) is 12.3. The van der Waals surface area contributed by atoms with Gasteiger partial charge in [-0.3, -0.25) is 9.59 Å². The molecule has 174 valence electrons. The van der Waals surface area contributed by atoms with Gasteiger partial charge in [-0.2, -0.15) is 5.10 Å². The monoisotopic (exact) mass is 485 g/mol. The first-order valence-electron chi connectivity index (χ1n) is 10.6. The zero-order valence-corrected chi connectivity index (χ0v) is 19.1. The highest BCUT2D eigenvalue weighted by molar-refractivity contribution is 7.90. The van der Waals surface area contributed by atoms with Crippen molar-refractivity contribution in [1.29, 1.82) is 0 Å². The number of hydrogen-bond donors (Lipinski definition) is 2. The van der Waals surface area contributed by atoms with E-state index in [1.54, 1.807) is 78.9 Å². The number of carbonyl (C=O) groups excluding carboxylic acids is 1. The Morgan fingerprint density at radius 1 is 0.943 bits per heavy atom. The van der Waals surface area contributed by atoms with Crippen LogP contribution in [-0.2, 0) is 15.6 Å². The quantitative estimate of drug-likeness (QED) is 0.380. The molecule has 0 saturated heterocycles. The molecule has 1 amide bonds. The van der Waals surface area contributed by atoms with Crippen molar-refractivity contribution in [3.8, 4) is 5.69 Å². The molecule has 0 bridgehead atoms. The van der Waals surface area contributed by atoms with Crippen molar-refractivity contribution in [3.63, 3.8) is 0 Å². The van der Waals surface area contributed by atoms with Crippen LogP contribution in [0.4, 0.5) is 5.69 Å². The molecule has 0 aliphatic carbocycles. The second-order valence-electron chi connectivity index (χ2n) is 7.77. The third kappa shape index (κ3) is 4.46. The lowest BCUT2D eigenvalue weighted by Gasteiger charge is -2.12. The summed E-state index contributed by atoms with van der Waals surface area (Å²) in [4.78, 5) is 31.9. The standard InChI is InChI=1S/C25H19N5O4S/c31-24(18-12-10-17(11-13-18)15-35(33,34)19-6-2-1-3-7-19)29-21-8-4-5-9-22(21)30-23-20(14-28-30)25(32)27-16-26-23/h1-14,16H,15H2,(H,29,31)(H,26,27,32). The van der Waals surface area contributed by atoms with Crippen LogP contribution >= 0.6 is 0 Å². The number of amides is 1. The molecule has 9 nitrogen and oxygen atoms in total. The number of para-hydroxylation sites is 2. The highest BCUT2D eigenvalue weighted by Gasteiger charge is 2.17. The minimum atomic E-state index is -3.49. The topological polar surface area (TPSA) is 127 Å². The smallest absolute Gasteiger partial charge is 0.261 e. The van der Waals surface area contributed by atoms with Crippen molar-refractivity contribution < 1.29 is 13.2 Å². The van der Waals surface area contributed by atoms with Gasteiger partial charge >= 0.3 is 0 Å². The van der Waals surface area contributed by atoms with Gasteiger partial charge in [-0.15, -0.1) is 0 Å². The van der Waals surface area contributed by atoms with E-state index in [4.69, 9.17) is 0 Å². The van der Waals surface area contributed by atoms with Gasteiger partial charge < -0.3 is 10.3 Å². The summed E-state index contributed by atoms with van der Waals surface area (Å²) in [5.41, 5.74) is 2.00. The largest absolute Gasteiger partial charge is 0.320 e. The maximum atomic E-state index is 12.9. The summed E-state index contributed by atoms with van der Waals surface area (Å²) in [6, 6.07) is 21.7. The molecule has 3 aromatic carbocycles. The van der Waals surface area contributed by atoms with Crippen molar-refractivity contribution in [2.24, 2.45) is 0 Å². The minimum absolute atomic E-state index is 0.166. The van der Waals surface area contributed by atoms with Crippen LogP contribution in [-0.4, -0.2) is 34.1 Å². The average molecular weight is 486 g/mol. The second-order valence-corrected chi connectivity index (χ2v) is 9.76. The number of benzene rings is 3. The van der Waals surface area contributed by atoms with E-state index in [2.05, 4.69) is 20.4 Å². The van der Waals surface area contributed by atoms with Crippen LogP contribution in [0.3, 0.4) is 0 Å². The van der Waals surface area contributed by atoms with Crippen LogP contribution < -0.4 is 10.9 Å². The molecule has 0 fully saturated rings. The molecule has 0 radical (unpaired) electrons. The minimum Gasteiger partial charge on any atom is -0.320 e. The van der Waals surface area contributed by atoms with Crippen LogP contribution in [0.15, 0.2) is 101 Å². The summed E-state index contributed by atoms with van der Waals surface area (Å²) in [6.07, 6.45) is 2.71. The maximum Gasteiger partial charge on any atom is 0.261 e. The van der Waals surface area contributed by atoms with Crippen LogP contribution in [0.25, 0.3) is 16.7 Å². The van der Waals surface area contributed by atoms with E-state index < -0.39 is 9.84 Å². The molecular weight excluding hydrogens is 466 g/mol. The van der Waals surface area contributed by atoms with E-state index in [1.807, 2.05) is 0 Å². The summed E-state index contributed by atoms with van der Waals surface area (Å²) in [5, 5.41) is 7.45. The van der Waals surface area contributed by atoms with Gasteiger partial charge in [0.05, 0.1) is 34.5 Å². The highest BCUT2D eigenvalue weighted by atomic mass is 32.2. The van der Waals surface area contributed by atoms with Crippen molar-refractivity contribution in [2.75, 3.05) is 5.32 Å². The van der Waals surface area contributed by atoms with Gasteiger partial charge in [-0.25, -0.2) is 18.1 Å². The summed E-state index contributed by atoms with van der Waals surface area (Å²) in [5.74, 6) is -0.544. The zero-order valence-electron chi connectivity index (χ0n) is 18.3. The SMILES string of the molecule is O=C(Nc1ccccc1-n1ncc2c(=O)[nH]cnc21)c1ccc(CS(=O)(=O)c2ccccc2)cc1. The van der Waals surface area contributed by atoms with E-state index in [-0.39, 0.29) is 22.1 Å². The van der Waals surface area contributed by atoms with E-state index in [1.165, 1.54) is 17.2 Å². The van der Waals surface area contributed by atoms with Gasteiger partial charge in [0, 0.05) is 5.56 Å². The van der Waals surface area contributed by atoms with Crippen LogP contribution in [0.2, 0.25) is 0 Å². The predicted molar refractivity (Wildman–Crippen MR) is 131 cm³/mol. The van der Waals surface area contributed by atoms with E-state index in [0.717, 1.165) is 0 Å². The Bertz CT molecular complexity index is 1690. The van der Waals surface area contributed by atoms with E-state index in [0.29, 0.717) is 33.5 Å². The molecule has 0 saturated carbocycles. The fourth-order valence-electron chi connectivity index (χ4n) is 3.67. The Kier molecular flexibility index (Phi) is 5.71. The Hall–Kier alpha value is -4.57. The fourth-order valence-corrected chi connectivity index (χ4v) is 5.04. The second kappa shape index (κ2) is 8.99. The molecular formula is C25H19N5O4S. The molecule has 2 N–H and O–H groups in total. The molecule has 0 aliphatic heterocycles. The van der Waals surface area contributed by atoms with Crippen molar-refractivity contribution >= 4 is 32.5 Å². The van der Waals surface area contributed by atoms with Gasteiger partial charge in [0.2, 0.25) is 0 Å². The third-order valence-electron chi connectivity index (χ3n) is 5.43. The summed E-state index contributed by atoms with van der Waals surface area (Å²) < 4.78 is 26.7. The number of anilines is 1. The lowest BCUT2D eigenvalue weighted by Crippen LogP contribution is -2.14. The first kappa shape index (κ1) is 22.2. The molecule has 35 heavy (non-hydrogen) atoms. The molecule has 2 aromatic heterocycles. The number of carbonyl (C=O) groups is 1. The number of sulfone groups is 1. The Morgan fingerprint density at radius 3 is 2.43 bits per heavy atom. The average Bonchev–Trinajstić information content (AvgIpc) is 3.30. The number of aromatic amines is 1. The highest BCUT2D eigenvalue weighted by Crippen LogP contribution is 2.23. The Morgan fingerprint density at radius 2 is 1.66 bits per heavy atom. The summed E-state index contributed by atoms with van der Waals surface area (Å²) >= 11 is 0. The van der Waals surface area contributed by atoms with Gasteiger partial charge in [0.1, 0.15) is 5.39 Å². The van der Waals surface area contributed by atoms with Crippen LogP contribution in [0.5, 0.6) is 0 Å². The summed E-state index contributed by atoms with van der Waals surface area (Å²) in [6.45, 7) is 0. The normalized spacial score (nSPS) is 11.4. The number of rotatable bonds is 6. The maximum absolute atomic E-state index is 12.9. The van der Waals surface area contributed by atoms with Gasteiger partial charge in [0.25, 0.3) is 11.5 Å². The number of nitrogens with one attached hydrogen (secondary N) is 2. The molecule has 0 unspecified atom stereocenters. The number of aromatic nitrogens is 4. The van der Waals surface area contributed by atoms with Crippen molar-refractivity contribution in [1.82, 2.24) is 19.7 Å². The predicted octanol–water partition coefficient (Wildman–Crippen LogP) is 3.34. The van der Waals surface area contributed by atoms with Crippen molar-refractivity contribution in [2.45, 2.75) is 10.6 Å². The van der Waals surface area contributed by atoms with Gasteiger partial charge in [0.15, 0.2) is 15.5 Å². The summed E-state index contributed by atoms with van der Waals surface area (Å²) in [7, 11) is -3.49. The van der Waals surface area contributed by atoms with E-state index >= 15 is 0 Å². The molecule has 5 rings (SSSR count). The molecule has 5 aromatic rings. The van der Waals surface area contributed by atoms with Gasteiger partial charge in [-0.05, 0) is 42.0 Å². The Balaban J connectivity index is 1.37. The lowest BCUT2D eigenvalue weighted by atomic mass is 10.1. The molecule has 0 atom stereocenters. The van der Waals surface area contributed by atoms with E-state index in [9.17, 15) is 18.0 Å². The molecule has 0 spiro atoms. The lowest BCUT2D eigenvalue weighted by molar-refractivity contribution is 0.102.